The molecule has 0 aliphatic carbocycles. The minimum atomic E-state index is -0.256. The first-order chi connectivity index (χ1) is 6.65. The Labute approximate surface area is 83.1 Å². The standard InChI is InChI=1S/C10H14N2O2/c1-3-14-10(13)4-8-7(2)5-12-6-9(8)11/h5-6H,3-4,11H2,1-2H3. The van der Waals surface area contributed by atoms with Gasteiger partial charge < -0.3 is 10.5 Å². The second-order valence-corrected chi connectivity index (χ2v) is 3.01. The predicted molar refractivity (Wildman–Crippen MR) is 53.7 cm³/mol. The van der Waals surface area contributed by atoms with Crippen LogP contribution in [0.3, 0.4) is 0 Å². The number of hydrogen-bond donors (Lipinski definition) is 1. The molecule has 14 heavy (non-hydrogen) atoms. The number of aryl methyl sites for hydroxylation is 1. The Morgan fingerprint density at radius 3 is 2.86 bits per heavy atom. The van der Waals surface area contributed by atoms with Crippen LogP contribution < -0.4 is 5.73 Å². The maximum atomic E-state index is 11.2. The molecule has 0 aromatic carbocycles. The Balaban J connectivity index is 2.80. The zero-order chi connectivity index (χ0) is 10.6. The van der Waals surface area contributed by atoms with Crippen molar-refractivity contribution in [2.45, 2.75) is 20.3 Å². The fraction of sp³-hybridized carbons (Fsp3) is 0.400. The molecule has 0 fully saturated rings. The van der Waals surface area contributed by atoms with E-state index in [1.807, 2.05) is 6.92 Å². The number of aromatic nitrogens is 1. The molecule has 0 aliphatic rings. The Morgan fingerprint density at radius 1 is 1.57 bits per heavy atom. The molecule has 0 aliphatic heterocycles. The normalized spacial score (nSPS) is 9.86. The molecular weight excluding hydrogens is 180 g/mol. The van der Waals surface area contributed by atoms with Gasteiger partial charge in [0, 0.05) is 6.20 Å². The van der Waals surface area contributed by atoms with E-state index < -0.39 is 0 Å². The molecule has 0 atom stereocenters. The lowest BCUT2D eigenvalue weighted by Gasteiger charge is -2.07. The summed E-state index contributed by atoms with van der Waals surface area (Å²) in [5.41, 5.74) is 7.95. The monoisotopic (exact) mass is 194 g/mol. The number of anilines is 1. The summed E-state index contributed by atoms with van der Waals surface area (Å²) in [6, 6.07) is 0. The van der Waals surface area contributed by atoms with E-state index in [1.54, 1.807) is 19.3 Å². The number of ether oxygens (including phenoxy) is 1. The van der Waals surface area contributed by atoms with Crippen molar-refractivity contribution in [1.82, 2.24) is 4.98 Å². The van der Waals surface area contributed by atoms with Gasteiger partial charge in [0.05, 0.1) is 24.9 Å². The number of carbonyl (C=O) groups excluding carboxylic acids is 1. The van der Waals surface area contributed by atoms with Gasteiger partial charge in [0.25, 0.3) is 0 Å². The first kappa shape index (κ1) is 10.5. The van der Waals surface area contributed by atoms with Crippen molar-refractivity contribution in [2.24, 2.45) is 0 Å². The highest BCUT2D eigenvalue weighted by Crippen LogP contribution is 2.15. The van der Waals surface area contributed by atoms with Gasteiger partial charge in [-0.25, -0.2) is 0 Å². The minimum Gasteiger partial charge on any atom is -0.466 e. The van der Waals surface area contributed by atoms with Crippen LogP contribution in [0.2, 0.25) is 0 Å². The Hall–Kier alpha value is -1.58. The third-order valence-corrected chi connectivity index (χ3v) is 1.93. The average Bonchev–Trinajstić information content (AvgIpc) is 2.12. The van der Waals surface area contributed by atoms with Crippen molar-refractivity contribution in [2.75, 3.05) is 12.3 Å². The molecular formula is C10H14N2O2. The number of nitrogens with zero attached hydrogens (tertiary/aromatic N) is 1. The summed E-state index contributed by atoms with van der Waals surface area (Å²) < 4.78 is 4.84. The largest absolute Gasteiger partial charge is 0.466 e. The van der Waals surface area contributed by atoms with Gasteiger partial charge in [0.15, 0.2) is 0 Å². The molecule has 1 aromatic rings. The number of carbonyl (C=O) groups is 1. The van der Waals surface area contributed by atoms with Gasteiger partial charge >= 0.3 is 5.97 Å². The molecule has 76 valence electrons. The maximum Gasteiger partial charge on any atom is 0.310 e. The first-order valence-corrected chi connectivity index (χ1v) is 4.49. The van der Waals surface area contributed by atoms with E-state index in [-0.39, 0.29) is 12.4 Å². The lowest BCUT2D eigenvalue weighted by atomic mass is 10.1. The number of esters is 1. The van der Waals surface area contributed by atoms with E-state index in [2.05, 4.69) is 4.98 Å². The highest BCUT2D eigenvalue weighted by molar-refractivity contribution is 5.75. The smallest absolute Gasteiger partial charge is 0.310 e. The summed E-state index contributed by atoms with van der Waals surface area (Å²) in [6.07, 6.45) is 3.44. The summed E-state index contributed by atoms with van der Waals surface area (Å²) in [5, 5.41) is 0. The van der Waals surface area contributed by atoms with Crippen LogP contribution in [0, 0.1) is 6.92 Å². The fourth-order valence-electron chi connectivity index (χ4n) is 1.21. The average molecular weight is 194 g/mol. The van der Waals surface area contributed by atoms with Crippen molar-refractivity contribution < 1.29 is 9.53 Å². The molecule has 0 saturated carbocycles. The van der Waals surface area contributed by atoms with Crippen molar-refractivity contribution >= 4 is 11.7 Å². The Bertz CT molecular complexity index is 317. The summed E-state index contributed by atoms with van der Waals surface area (Å²) in [4.78, 5) is 15.1. The van der Waals surface area contributed by atoms with Crippen molar-refractivity contribution in [1.29, 1.82) is 0 Å². The summed E-state index contributed by atoms with van der Waals surface area (Å²) in [7, 11) is 0. The Kier molecular flexibility index (Phi) is 3.45. The molecule has 0 saturated heterocycles. The van der Waals surface area contributed by atoms with Crippen LogP contribution in [-0.4, -0.2) is 17.6 Å². The van der Waals surface area contributed by atoms with Crippen LogP contribution in [0.4, 0.5) is 5.69 Å². The quantitative estimate of drug-likeness (QED) is 0.731. The van der Waals surface area contributed by atoms with Gasteiger partial charge in [-0.1, -0.05) is 0 Å². The first-order valence-electron chi connectivity index (χ1n) is 4.49. The fourth-order valence-corrected chi connectivity index (χ4v) is 1.21. The molecule has 0 spiro atoms. The van der Waals surface area contributed by atoms with Crippen molar-refractivity contribution in [3.8, 4) is 0 Å². The van der Waals surface area contributed by atoms with Gasteiger partial charge in [0.2, 0.25) is 0 Å². The predicted octanol–water partition coefficient (Wildman–Crippen LogP) is 1.08. The zero-order valence-electron chi connectivity index (χ0n) is 8.41. The Morgan fingerprint density at radius 2 is 2.29 bits per heavy atom. The lowest BCUT2D eigenvalue weighted by molar-refractivity contribution is -0.142. The number of nitrogen functional groups attached to an aromatic ring is 1. The number of rotatable bonds is 3. The van der Waals surface area contributed by atoms with Crippen LogP contribution in [0.5, 0.6) is 0 Å². The van der Waals surface area contributed by atoms with Crippen LogP contribution in [0.25, 0.3) is 0 Å². The number of hydrogen-bond acceptors (Lipinski definition) is 4. The second-order valence-electron chi connectivity index (χ2n) is 3.01. The molecule has 4 heteroatoms. The molecule has 0 bridgehead atoms. The minimum absolute atomic E-state index is 0.216. The number of pyridine rings is 1. The van der Waals surface area contributed by atoms with E-state index in [0.717, 1.165) is 11.1 Å². The summed E-state index contributed by atoms with van der Waals surface area (Å²) in [6.45, 7) is 4.04. The van der Waals surface area contributed by atoms with Crippen LogP contribution in [0.15, 0.2) is 12.4 Å². The molecule has 1 heterocycles. The highest BCUT2D eigenvalue weighted by atomic mass is 16.5. The van der Waals surface area contributed by atoms with Gasteiger partial charge in [-0.2, -0.15) is 0 Å². The maximum absolute atomic E-state index is 11.2. The van der Waals surface area contributed by atoms with E-state index >= 15 is 0 Å². The second kappa shape index (κ2) is 4.60. The highest BCUT2D eigenvalue weighted by Gasteiger charge is 2.09. The van der Waals surface area contributed by atoms with Crippen LogP contribution in [-0.2, 0) is 16.0 Å². The van der Waals surface area contributed by atoms with Crippen LogP contribution >= 0.6 is 0 Å². The van der Waals surface area contributed by atoms with Gasteiger partial charge in [-0.3, -0.25) is 9.78 Å². The summed E-state index contributed by atoms with van der Waals surface area (Å²) >= 11 is 0. The molecule has 2 N–H and O–H groups in total. The molecule has 0 unspecified atom stereocenters. The third kappa shape index (κ3) is 2.45. The lowest BCUT2D eigenvalue weighted by Crippen LogP contribution is -2.10. The molecule has 1 rings (SSSR count). The van der Waals surface area contributed by atoms with Crippen molar-refractivity contribution in [3.05, 3.63) is 23.5 Å². The van der Waals surface area contributed by atoms with Gasteiger partial charge in [0.1, 0.15) is 0 Å². The zero-order valence-corrected chi connectivity index (χ0v) is 8.41. The van der Waals surface area contributed by atoms with E-state index in [1.165, 1.54) is 0 Å². The summed E-state index contributed by atoms with van der Waals surface area (Å²) in [5.74, 6) is -0.256. The molecule has 4 nitrogen and oxygen atoms in total. The van der Waals surface area contributed by atoms with Crippen LogP contribution in [0.1, 0.15) is 18.1 Å². The number of nitrogens with two attached hydrogens (primary N) is 1. The molecule has 1 aromatic heterocycles. The van der Waals surface area contributed by atoms with Crippen molar-refractivity contribution in [3.63, 3.8) is 0 Å². The van der Waals surface area contributed by atoms with Gasteiger partial charge in [-0.05, 0) is 25.0 Å². The van der Waals surface area contributed by atoms with E-state index in [4.69, 9.17) is 10.5 Å². The van der Waals surface area contributed by atoms with E-state index in [0.29, 0.717) is 12.3 Å². The molecule has 0 amide bonds. The molecule has 0 radical (unpaired) electrons. The van der Waals surface area contributed by atoms with E-state index in [9.17, 15) is 4.79 Å². The SMILES string of the molecule is CCOC(=O)Cc1c(C)cncc1N. The third-order valence-electron chi connectivity index (χ3n) is 1.93. The topological polar surface area (TPSA) is 65.2 Å². The van der Waals surface area contributed by atoms with Gasteiger partial charge in [-0.15, -0.1) is 0 Å².